The second-order valence-electron chi connectivity index (χ2n) is 6.46. The molecule has 0 unspecified atom stereocenters. The largest absolute Gasteiger partial charge is 0.384 e. The molecule has 0 atom stereocenters. The molecule has 0 aliphatic heterocycles. The van der Waals surface area contributed by atoms with Crippen LogP contribution in [-0.4, -0.2) is 35.5 Å². The molecule has 4 N–H and O–H groups in total. The Labute approximate surface area is 174 Å². The maximum Gasteiger partial charge on any atom is 0.332 e. The lowest BCUT2D eigenvalue weighted by atomic mass is 10.2. The molecule has 0 radical (unpaired) electrons. The van der Waals surface area contributed by atoms with Crippen LogP contribution in [0.1, 0.15) is 23.7 Å². The van der Waals surface area contributed by atoms with E-state index in [1.165, 1.54) is 29.8 Å². The third-order valence-corrected chi connectivity index (χ3v) is 5.33. The van der Waals surface area contributed by atoms with Crippen LogP contribution in [0.3, 0.4) is 0 Å². The summed E-state index contributed by atoms with van der Waals surface area (Å²) in [6.07, 6.45) is 0.601. The van der Waals surface area contributed by atoms with Crippen molar-refractivity contribution in [2.75, 3.05) is 17.3 Å². The van der Waals surface area contributed by atoms with Crippen molar-refractivity contribution in [3.8, 4) is 11.4 Å². The van der Waals surface area contributed by atoms with Gasteiger partial charge >= 0.3 is 5.69 Å². The second kappa shape index (κ2) is 8.53. The predicted molar refractivity (Wildman–Crippen MR) is 111 cm³/mol. The first-order valence-electron chi connectivity index (χ1n) is 8.98. The Kier molecular flexibility index (Phi) is 6.06. The number of halogens is 1. The van der Waals surface area contributed by atoms with Gasteiger partial charge in [0, 0.05) is 19.2 Å². The molecule has 0 saturated carbocycles. The summed E-state index contributed by atoms with van der Waals surface area (Å²) in [4.78, 5) is 37.4. The standard InChI is InChI=1S/C18H20FN7O3S/c1-3-7-25-14(20)13(16(28)24(2)18(25)29)12(27)9-30-17-23-22-15(26(17)21)10-5-4-6-11(19)8-10/h4-6,8H,3,7,9,20-21H2,1-2H3. The van der Waals surface area contributed by atoms with Crippen molar-refractivity contribution in [1.82, 2.24) is 24.0 Å². The van der Waals surface area contributed by atoms with Crippen LogP contribution in [0.2, 0.25) is 0 Å². The Balaban J connectivity index is 1.87. The molecule has 0 amide bonds. The molecular formula is C18H20FN7O3S. The van der Waals surface area contributed by atoms with Crippen molar-refractivity contribution in [2.45, 2.75) is 25.0 Å². The van der Waals surface area contributed by atoms with Gasteiger partial charge < -0.3 is 11.6 Å². The summed E-state index contributed by atoms with van der Waals surface area (Å²) in [7, 11) is 1.29. The first-order chi connectivity index (χ1) is 14.3. The van der Waals surface area contributed by atoms with E-state index in [1.807, 2.05) is 6.92 Å². The molecule has 0 aliphatic carbocycles. The first kappa shape index (κ1) is 21.3. The molecule has 3 rings (SSSR count). The lowest BCUT2D eigenvalue weighted by molar-refractivity contribution is 0.102. The Morgan fingerprint density at radius 1 is 1.27 bits per heavy atom. The van der Waals surface area contributed by atoms with Crippen LogP contribution < -0.4 is 22.8 Å². The summed E-state index contributed by atoms with van der Waals surface area (Å²) < 4.78 is 16.6. The molecule has 0 bridgehead atoms. The minimum Gasteiger partial charge on any atom is -0.384 e. The smallest absolute Gasteiger partial charge is 0.332 e. The van der Waals surface area contributed by atoms with Crippen LogP contribution in [0.25, 0.3) is 11.4 Å². The van der Waals surface area contributed by atoms with Gasteiger partial charge in [-0.1, -0.05) is 30.8 Å². The van der Waals surface area contributed by atoms with Crippen LogP contribution in [-0.2, 0) is 13.6 Å². The number of rotatable bonds is 7. The fraction of sp³-hybridized carbons (Fsp3) is 0.278. The van der Waals surface area contributed by atoms with Gasteiger partial charge in [0.25, 0.3) is 5.56 Å². The number of thioether (sulfide) groups is 1. The summed E-state index contributed by atoms with van der Waals surface area (Å²) >= 11 is 0.946. The van der Waals surface area contributed by atoms with Crippen molar-refractivity contribution >= 4 is 23.4 Å². The SMILES string of the molecule is CCCn1c(N)c(C(=O)CSc2nnc(-c3cccc(F)c3)n2N)c(=O)n(C)c1=O. The number of nitrogens with zero attached hydrogens (tertiary/aromatic N) is 5. The molecular weight excluding hydrogens is 413 g/mol. The van der Waals surface area contributed by atoms with Crippen molar-refractivity contribution in [2.24, 2.45) is 7.05 Å². The van der Waals surface area contributed by atoms with E-state index in [0.29, 0.717) is 12.0 Å². The fourth-order valence-corrected chi connectivity index (χ4v) is 3.62. The molecule has 0 aliphatic rings. The number of nitrogen functional groups attached to an aromatic ring is 2. The van der Waals surface area contributed by atoms with E-state index in [-0.39, 0.29) is 34.7 Å². The molecule has 3 aromatic rings. The van der Waals surface area contributed by atoms with Crippen molar-refractivity contribution in [1.29, 1.82) is 0 Å². The van der Waals surface area contributed by atoms with Crippen LogP contribution in [0.5, 0.6) is 0 Å². The number of hydrogen-bond donors (Lipinski definition) is 2. The highest BCUT2D eigenvalue weighted by Crippen LogP contribution is 2.23. The summed E-state index contributed by atoms with van der Waals surface area (Å²) in [5.41, 5.74) is 4.79. The number of nitrogens with two attached hydrogens (primary N) is 2. The van der Waals surface area contributed by atoms with E-state index in [0.717, 1.165) is 21.0 Å². The minimum atomic E-state index is -0.759. The van der Waals surface area contributed by atoms with Crippen LogP contribution in [0.15, 0.2) is 39.0 Å². The maximum atomic E-state index is 13.4. The molecule has 30 heavy (non-hydrogen) atoms. The summed E-state index contributed by atoms with van der Waals surface area (Å²) in [6, 6.07) is 5.68. The lowest BCUT2D eigenvalue weighted by Gasteiger charge is -2.13. The number of carbonyl (C=O) groups excluding carboxylic acids is 1. The zero-order valence-corrected chi connectivity index (χ0v) is 17.1. The number of Topliss-reactive ketones (excluding diaryl/α,β-unsaturated/α-hetero) is 1. The van der Waals surface area contributed by atoms with E-state index >= 15 is 0 Å². The Bertz CT molecular complexity index is 1230. The minimum absolute atomic E-state index is 0.162. The topological polar surface area (TPSA) is 144 Å². The van der Waals surface area contributed by atoms with Gasteiger partial charge in [0.15, 0.2) is 11.6 Å². The van der Waals surface area contributed by atoms with Crippen LogP contribution in [0.4, 0.5) is 10.2 Å². The average Bonchev–Trinajstić information content (AvgIpc) is 3.08. The van der Waals surface area contributed by atoms with Crippen molar-refractivity contribution in [3.05, 3.63) is 56.5 Å². The Morgan fingerprint density at radius 2 is 2.00 bits per heavy atom. The molecule has 158 valence electrons. The number of hydrogen-bond acceptors (Lipinski definition) is 8. The van der Waals surface area contributed by atoms with Crippen LogP contribution in [0, 0.1) is 5.82 Å². The predicted octanol–water partition coefficient (Wildman–Crippen LogP) is 0.626. The highest BCUT2D eigenvalue weighted by atomic mass is 32.2. The van der Waals surface area contributed by atoms with Gasteiger partial charge in [-0.2, -0.15) is 0 Å². The molecule has 0 fully saturated rings. The fourth-order valence-electron chi connectivity index (χ4n) is 2.89. The van der Waals surface area contributed by atoms with E-state index in [2.05, 4.69) is 10.2 Å². The van der Waals surface area contributed by atoms with Gasteiger partial charge in [-0.05, 0) is 18.6 Å². The molecule has 0 spiro atoms. The van der Waals surface area contributed by atoms with Gasteiger partial charge in [-0.15, -0.1) is 10.2 Å². The zero-order chi connectivity index (χ0) is 22.0. The van der Waals surface area contributed by atoms with Gasteiger partial charge in [-0.3, -0.25) is 18.7 Å². The highest BCUT2D eigenvalue weighted by molar-refractivity contribution is 7.99. The van der Waals surface area contributed by atoms with Crippen molar-refractivity contribution < 1.29 is 9.18 Å². The highest BCUT2D eigenvalue weighted by Gasteiger charge is 2.22. The number of aromatic nitrogens is 5. The third kappa shape index (κ3) is 3.85. The van der Waals surface area contributed by atoms with Gasteiger partial charge in [-0.25, -0.2) is 13.9 Å². The summed E-state index contributed by atoms with van der Waals surface area (Å²) in [6.45, 7) is 2.12. The number of ketones is 1. The molecule has 2 aromatic heterocycles. The maximum absolute atomic E-state index is 13.4. The first-order valence-corrected chi connectivity index (χ1v) is 9.96. The quantitative estimate of drug-likeness (QED) is 0.314. The molecule has 0 saturated heterocycles. The van der Waals surface area contributed by atoms with E-state index in [1.54, 1.807) is 6.07 Å². The normalized spacial score (nSPS) is 11.0. The lowest BCUT2D eigenvalue weighted by Crippen LogP contribution is -2.42. The van der Waals surface area contributed by atoms with E-state index in [4.69, 9.17) is 11.6 Å². The zero-order valence-electron chi connectivity index (χ0n) is 16.3. The summed E-state index contributed by atoms with van der Waals surface area (Å²) in [5, 5.41) is 8.04. The molecule has 2 heterocycles. The Morgan fingerprint density at radius 3 is 2.67 bits per heavy atom. The van der Waals surface area contributed by atoms with E-state index < -0.39 is 22.8 Å². The van der Waals surface area contributed by atoms with Gasteiger partial charge in [0.2, 0.25) is 5.16 Å². The second-order valence-corrected chi connectivity index (χ2v) is 7.40. The number of benzene rings is 1. The summed E-state index contributed by atoms with van der Waals surface area (Å²) in [5.74, 6) is 4.81. The number of anilines is 1. The Hall–Kier alpha value is -3.41. The monoisotopic (exact) mass is 433 g/mol. The molecule has 12 heteroatoms. The third-order valence-electron chi connectivity index (χ3n) is 4.39. The molecule has 10 nitrogen and oxygen atoms in total. The van der Waals surface area contributed by atoms with Crippen LogP contribution >= 0.6 is 11.8 Å². The van der Waals surface area contributed by atoms with Gasteiger partial charge in [0.05, 0.1) is 5.75 Å². The van der Waals surface area contributed by atoms with Gasteiger partial charge in [0.1, 0.15) is 17.2 Å². The van der Waals surface area contributed by atoms with Crippen molar-refractivity contribution in [3.63, 3.8) is 0 Å². The average molecular weight is 433 g/mol. The van der Waals surface area contributed by atoms with E-state index in [9.17, 15) is 18.8 Å². The number of carbonyl (C=O) groups is 1. The molecule has 1 aromatic carbocycles.